The second kappa shape index (κ2) is 8.07. The summed E-state index contributed by atoms with van der Waals surface area (Å²) >= 11 is 0. The fourth-order valence-electron chi connectivity index (χ4n) is 3.07. The highest BCUT2D eigenvalue weighted by molar-refractivity contribution is 6.04. The Hall–Kier alpha value is -3.10. The molecule has 1 aromatic rings. The molecule has 3 rings (SSSR count). The van der Waals surface area contributed by atoms with Gasteiger partial charge in [-0.3, -0.25) is 19.3 Å². The van der Waals surface area contributed by atoms with Crippen LogP contribution in [0.3, 0.4) is 0 Å². The van der Waals surface area contributed by atoms with Gasteiger partial charge in [0, 0.05) is 44.7 Å². The topological polar surface area (TPSA) is 99.3 Å². The predicted octanol–water partition coefficient (Wildman–Crippen LogP) is 0.520. The van der Waals surface area contributed by atoms with Crippen molar-refractivity contribution in [3.05, 3.63) is 24.3 Å². The molecule has 2 fully saturated rings. The van der Waals surface area contributed by atoms with Crippen LogP contribution in [0.2, 0.25) is 0 Å². The molecular formula is C18H22N4O5. The van der Waals surface area contributed by atoms with Crippen LogP contribution in [0.5, 0.6) is 5.75 Å². The molecular weight excluding hydrogens is 352 g/mol. The molecule has 0 aromatic heterocycles. The number of hydrogen-bond acceptors (Lipinski definition) is 5. The molecule has 5 amide bonds. The number of piperazine rings is 1. The van der Waals surface area contributed by atoms with E-state index in [0.717, 1.165) is 4.90 Å². The van der Waals surface area contributed by atoms with E-state index in [1.807, 2.05) is 0 Å². The van der Waals surface area contributed by atoms with Crippen molar-refractivity contribution in [2.45, 2.75) is 12.8 Å². The number of nitrogens with one attached hydrogen (secondary N) is 1. The van der Waals surface area contributed by atoms with E-state index in [0.29, 0.717) is 37.6 Å². The van der Waals surface area contributed by atoms with Gasteiger partial charge in [-0.15, -0.1) is 0 Å². The molecule has 2 aliphatic heterocycles. The summed E-state index contributed by atoms with van der Waals surface area (Å²) in [6, 6.07) is 6.78. The maximum Gasteiger partial charge on any atom is 0.321 e. The van der Waals surface area contributed by atoms with Crippen molar-refractivity contribution in [3.8, 4) is 5.75 Å². The molecule has 1 N–H and O–H groups in total. The lowest BCUT2D eigenvalue weighted by atomic mass is 10.3. The zero-order valence-corrected chi connectivity index (χ0v) is 15.1. The zero-order valence-electron chi connectivity index (χ0n) is 15.1. The van der Waals surface area contributed by atoms with Gasteiger partial charge in [-0.25, -0.2) is 4.79 Å². The number of imide groups is 1. The van der Waals surface area contributed by atoms with Gasteiger partial charge in [0.1, 0.15) is 12.3 Å². The molecule has 0 bridgehead atoms. The fourth-order valence-corrected chi connectivity index (χ4v) is 3.07. The lowest BCUT2D eigenvalue weighted by molar-refractivity contribution is -0.146. The number of likely N-dealkylation sites (tertiary alicyclic amines) is 1. The predicted molar refractivity (Wildman–Crippen MR) is 96.1 cm³/mol. The Kier molecular flexibility index (Phi) is 5.58. The van der Waals surface area contributed by atoms with Crippen LogP contribution >= 0.6 is 0 Å². The van der Waals surface area contributed by atoms with Crippen LogP contribution in [-0.2, 0) is 14.4 Å². The van der Waals surface area contributed by atoms with Gasteiger partial charge < -0.3 is 19.9 Å². The maximum atomic E-state index is 12.3. The molecule has 1 aromatic carbocycles. The average molecular weight is 374 g/mol. The first-order chi connectivity index (χ1) is 13.0. The van der Waals surface area contributed by atoms with E-state index in [-0.39, 0.29) is 43.1 Å². The number of nitrogens with zero attached hydrogens (tertiary/aromatic N) is 3. The fraction of sp³-hybridized carbons (Fsp3) is 0.444. The average Bonchev–Trinajstić information content (AvgIpc) is 3.00. The number of ether oxygens (including phenoxy) is 1. The smallest absolute Gasteiger partial charge is 0.321 e. The summed E-state index contributed by atoms with van der Waals surface area (Å²) in [5, 5.41) is 2.81. The highest BCUT2D eigenvalue weighted by Crippen LogP contribution is 2.16. The van der Waals surface area contributed by atoms with E-state index >= 15 is 0 Å². The van der Waals surface area contributed by atoms with Crippen LogP contribution in [-0.4, -0.2) is 78.3 Å². The van der Waals surface area contributed by atoms with E-state index < -0.39 is 0 Å². The molecule has 0 spiro atoms. The van der Waals surface area contributed by atoms with Crippen molar-refractivity contribution < 1.29 is 23.9 Å². The number of anilines is 1. The zero-order chi connectivity index (χ0) is 19.4. The van der Waals surface area contributed by atoms with E-state index in [4.69, 9.17) is 4.74 Å². The standard InChI is InChI=1S/C18H22N4O5/c1-27-14-4-2-13(3-5-14)19-18(26)21-10-8-20(9-11-21)17(25)12-22-15(23)6-7-16(22)24/h2-5H,6-12H2,1H3,(H,19,26). The van der Waals surface area contributed by atoms with Gasteiger partial charge in [0.15, 0.2) is 0 Å². The SMILES string of the molecule is COc1ccc(NC(=O)N2CCN(C(=O)CN3C(=O)CCC3=O)CC2)cc1. The summed E-state index contributed by atoms with van der Waals surface area (Å²) in [6.07, 6.45) is 0.344. The monoisotopic (exact) mass is 374 g/mol. The van der Waals surface area contributed by atoms with Crippen molar-refractivity contribution in [1.29, 1.82) is 0 Å². The quantitative estimate of drug-likeness (QED) is 0.775. The number of carbonyl (C=O) groups is 4. The third kappa shape index (κ3) is 4.36. The summed E-state index contributed by atoms with van der Waals surface area (Å²) in [6.45, 7) is 1.29. The number of amides is 5. The molecule has 2 saturated heterocycles. The van der Waals surface area contributed by atoms with Crippen molar-refractivity contribution in [2.24, 2.45) is 0 Å². The lowest BCUT2D eigenvalue weighted by Gasteiger charge is -2.35. The summed E-state index contributed by atoms with van der Waals surface area (Å²) in [5.41, 5.74) is 0.658. The normalized spacial score (nSPS) is 17.3. The Bertz CT molecular complexity index is 725. The number of hydrogen-bond donors (Lipinski definition) is 1. The minimum absolute atomic E-state index is 0.172. The van der Waals surface area contributed by atoms with Gasteiger partial charge >= 0.3 is 6.03 Å². The minimum atomic E-state index is -0.300. The number of rotatable bonds is 4. The van der Waals surface area contributed by atoms with Crippen LogP contribution in [0, 0.1) is 0 Å². The summed E-state index contributed by atoms with van der Waals surface area (Å²) < 4.78 is 5.08. The number of methoxy groups -OCH3 is 1. The third-order valence-electron chi connectivity index (χ3n) is 4.71. The summed E-state index contributed by atoms with van der Waals surface area (Å²) in [4.78, 5) is 52.1. The van der Waals surface area contributed by atoms with Crippen LogP contribution in [0.15, 0.2) is 24.3 Å². The van der Waals surface area contributed by atoms with E-state index in [9.17, 15) is 19.2 Å². The molecule has 27 heavy (non-hydrogen) atoms. The second-order valence-corrected chi connectivity index (χ2v) is 6.40. The first-order valence-electron chi connectivity index (χ1n) is 8.79. The van der Waals surface area contributed by atoms with Gasteiger partial charge in [-0.05, 0) is 24.3 Å². The van der Waals surface area contributed by atoms with Crippen molar-refractivity contribution in [1.82, 2.24) is 14.7 Å². The highest BCUT2D eigenvalue weighted by atomic mass is 16.5. The van der Waals surface area contributed by atoms with Gasteiger partial charge in [0.2, 0.25) is 17.7 Å². The Morgan fingerprint density at radius 2 is 1.52 bits per heavy atom. The van der Waals surface area contributed by atoms with Crippen LogP contribution in [0.1, 0.15) is 12.8 Å². The largest absolute Gasteiger partial charge is 0.497 e. The van der Waals surface area contributed by atoms with Crippen LogP contribution in [0.4, 0.5) is 10.5 Å². The molecule has 9 heteroatoms. The van der Waals surface area contributed by atoms with E-state index in [1.165, 1.54) is 0 Å². The first-order valence-corrected chi connectivity index (χ1v) is 8.79. The molecule has 2 heterocycles. The molecule has 0 radical (unpaired) electrons. The Labute approximate surface area is 156 Å². The van der Waals surface area contributed by atoms with Crippen molar-refractivity contribution in [2.75, 3.05) is 45.2 Å². The van der Waals surface area contributed by atoms with E-state index in [1.54, 1.807) is 41.2 Å². The molecule has 0 unspecified atom stereocenters. The first kappa shape index (κ1) is 18.7. The Morgan fingerprint density at radius 1 is 0.963 bits per heavy atom. The lowest BCUT2D eigenvalue weighted by Crippen LogP contribution is -2.53. The summed E-state index contributed by atoms with van der Waals surface area (Å²) in [5.74, 6) is -0.166. The Morgan fingerprint density at radius 3 is 2.07 bits per heavy atom. The number of benzene rings is 1. The second-order valence-electron chi connectivity index (χ2n) is 6.40. The van der Waals surface area contributed by atoms with Gasteiger partial charge in [0.25, 0.3) is 0 Å². The van der Waals surface area contributed by atoms with Gasteiger partial charge in [-0.2, -0.15) is 0 Å². The highest BCUT2D eigenvalue weighted by Gasteiger charge is 2.33. The molecule has 2 aliphatic rings. The molecule has 144 valence electrons. The minimum Gasteiger partial charge on any atom is -0.497 e. The maximum absolute atomic E-state index is 12.3. The number of urea groups is 1. The third-order valence-corrected chi connectivity index (χ3v) is 4.71. The molecule has 0 atom stereocenters. The molecule has 0 saturated carbocycles. The molecule has 9 nitrogen and oxygen atoms in total. The number of carbonyl (C=O) groups excluding carboxylic acids is 4. The van der Waals surface area contributed by atoms with Crippen molar-refractivity contribution in [3.63, 3.8) is 0 Å². The van der Waals surface area contributed by atoms with Gasteiger partial charge in [0.05, 0.1) is 7.11 Å². The summed E-state index contributed by atoms with van der Waals surface area (Å²) in [7, 11) is 1.57. The van der Waals surface area contributed by atoms with Gasteiger partial charge in [-0.1, -0.05) is 0 Å². The van der Waals surface area contributed by atoms with Crippen molar-refractivity contribution >= 4 is 29.4 Å². The molecule has 0 aliphatic carbocycles. The van der Waals surface area contributed by atoms with Crippen LogP contribution in [0.25, 0.3) is 0 Å². The van der Waals surface area contributed by atoms with Crippen LogP contribution < -0.4 is 10.1 Å². The Balaban J connectivity index is 1.47. The van der Waals surface area contributed by atoms with E-state index in [2.05, 4.69) is 5.32 Å².